The molecule has 0 saturated heterocycles. The third kappa shape index (κ3) is 51.3. The van der Waals surface area contributed by atoms with Gasteiger partial charge in [-0.3, -0.25) is 23.4 Å². The molecule has 412 valence electrons. The van der Waals surface area contributed by atoms with Gasteiger partial charge in [-0.05, 0) is 83.5 Å². The van der Waals surface area contributed by atoms with Gasteiger partial charge in [-0.25, -0.2) is 4.57 Å². The zero-order chi connectivity index (χ0) is 52.7. The zero-order valence-corrected chi connectivity index (χ0v) is 46.3. The third-order valence-corrected chi connectivity index (χ3v) is 12.5. The molecule has 11 nitrogen and oxygen atoms in total. The van der Waals surface area contributed by atoms with Crippen LogP contribution in [0.4, 0.5) is 0 Å². The lowest BCUT2D eigenvalue weighted by Gasteiger charge is -2.21. The minimum Gasteiger partial charge on any atom is -0.462 e. The highest BCUT2D eigenvalue weighted by atomic mass is 31.2. The first kappa shape index (κ1) is 68.4. The molecule has 0 aromatic heterocycles. The number of hydrogen-bond donors (Lipinski definition) is 2. The van der Waals surface area contributed by atoms with Gasteiger partial charge in [-0.15, -0.1) is 0 Å². The number of phosphoric ester groups is 1. The molecule has 0 fully saturated rings. The summed E-state index contributed by atoms with van der Waals surface area (Å²) in [7, 11) is -4.77. The molecule has 3 unspecified atom stereocenters. The van der Waals surface area contributed by atoms with Crippen molar-refractivity contribution in [3.63, 3.8) is 0 Å². The van der Waals surface area contributed by atoms with Gasteiger partial charge in [-0.1, -0.05) is 221 Å². The number of allylic oxidation sites excluding steroid dienone is 16. The molecule has 0 aromatic carbocycles. The summed E-state index contributed by atoms with van der Waals surface area (Å²) in [5, 5.41) is 9.78. The van der Waals surface area contributed by atoms with Gasteiger partial charge in [0, 0.05) is 19.3 Å². The molecule has 0 aliphatic heterocycles. The van der Waals surface area contributed by atoms with E-state index in [0.29, 0.717) is 19.3 Å². The predicted octanol–water partition coefficient (Wildman–Crippen LogP) is 16.5. The maximum absolute atomic E-state index is 12.9. The Kier molecular flexibility index (Phi) is 51.0. The fourth-order valence-corrected chi connectivity index (χ4v) is 8.09. The Hall–Kier alpha value is -3.60. The van der Waals surface area contributed by atoms with Crippen LogP contribution in [-0.4, -0.2) is 66.5 Å². The Morgan fingerprint density at radius 1 is 0.403 bits per heavy atom. The molecule has 2 N–H and O–H groups in total. The standard InChI is InChI=1S/C60H101O11P/c1-4-7-10-13-16-19-22-25-27-28-30-33-36-39-42-45-48-51-60(64)71-57(53-67-58(62)49-46-43-40-37-34-32-29-26-23-20-17-14-11-8-5-2)55-69-72(65,66)68-54-56(52-61)70-59(63)50-47-44-41-38-35-31-24-21-18-15-12-9-6-3/h7,9-10,12,16,18-19,21,25,27,30-31,33,35,41,44,56-57,61H,4-6,8,11,13-15,17,20,22-24,26,28-29,32,34,36-40,42-43,45-55H2,1-3H3,(H,65,66)/b10-7-,12-9-,19-16-,21-18-,27-25-,33-30-,35-31-,44-41-. The molecule has 0 radical (unpaired) electrons. The molecule has 0 aliphatic carbocycles. The molecule has 0 spiro atoms. The number of unbranched alkanes of at least 4 members (excludes halogenated alkanes) is 18. The van der Waals surface area contributed by atoms with Gasteiger partial charge in [0.25, 0.3) is 0 Å². The van der Waals surface area contributed by atoms with Crippen LogP contribution in [0.3, 0.4) is 0 Å². The summed E-state index contributed by atoms with van der Waals surface area (Å²) in [5.41, 5.74) is 0. The number of carbonyl (C=O) groups excluding carboxylic acids is 3. The highest BCUT2D eigenvalue weighted by molar-refractivity contribution is 7.47. The SMILES string of the molecule is CC/C=C\C/C=C\C/C=C\C/C=C\CCCCCCC(=O)OC(COC(=O)CCCCCCCCCCCCCCCCC)COP(=O)(O)OCC(CO)OC(=O)CC/C=C\C/C=C\C/C=C\C/C=C\CC. The number of aliphatic hydroxyl groups is 1. The molecular weight excluding hydrogens is 928 g/mol. The number of hydrogen-bond acceptors (Lipinski definition) is 10. The first-order valence-corrected chi connectivity index (χ1v) is 29.6. The van der Waals surface area contributed by atoms with Crippen molar-refractivity contribution in [2.24, 2.45) is 0 Å². The minimum absolute atomic E-state index is 0.0508. The van der Waals surface area contributed by atoms with Gasteiger partial charge in [0.15, 0.2) is 6.10 Å². The van der Waals surface area contributed by atoms with E-state index >= 15 is 0 Å². The lowest BCUT2D eigenvalue weighted by atomic mass is 10.0. The summed E-state index contributed by atoms with van der Waals surface area (Å²) in [5.74, 6) is -1.58. The average molecular weight is 1030 g/mol. The van der Waals surface area contributed by atoms with Crippen molar-refractivity contribution in [1.29, 1.82) is 0 Å². The van der Waals surface area contributed by atoms with Crippen LogP contribution < -0.4 is 0 Å². The van der Waals surface area contributed by atoms with Gasteiger partial charge in [0.05, 0.1) is 19.8 Å². The van der Waals surface area contributed by atoms with E-state index in [0.717, 1.165) is 96.3 Å². The van der Waals surface area contributed by atoms with Crippen molar-refractivity contribution in [3.8, 4) is 0 Å². The summed E-state index contributed by atoms with van der Waals surface area (Å²) >= 11 is 0. The van der Waals surface area contributed by atoms with Crippen LogP contribution in [0.25, 0.3) is 0 Å². The van der Waals surface area contributed by atoms with Crippen molar-refractivity contribution in [3.05, 3.63) is 97.2 Å². The van der Waals surface area contributed by atoms with Crippen molar-refractivity contribution in [2.45, 2.75) is 238 Å². The van der Waals surface area contributed by atoms with E-state index in [-0.39, 0.29) is 25.9 Å². The lowest BCUT2D eigenvalue weighted by molar-refractivity contribution is -0.161. The van der Waals surface area contributed by atoms with E-state index in [1.54, 1.807) is 0 Å². The second-order valence-electron chi connectivity index (χ2n) is 18.3. The van der Waals surface area contributed by atoms with Gasteiger partial charge in [-0.2, -0.15) is 0 Å². The van der Waals surface area contributed by atoms with Crippen molar-refractivity contribution < 1.29 is 52.2 Å². The van der Waals surface area contributed by atoms with Crippen molar-refractivity contribution in [2.75, 3.05) is 26.4 Å². The maximum atomic E-state index is 12.9. The molecule has 0 aromatic rings. The highest BCUT2D eigenvalue weighted by Gasteiger charge is 2.28. The highest BCUT2D eigenvalue weighted by Crippen LogP contribution is 2.43. The number of ether oxygens (including phenoxy) is 3. The minimum atomic E-state index is -4.77. The summed E-state index contributed by atoms with van der Waals surface area (Å²) in [4.78, 5) is 48.4. The lowest BCUT2D eigenvalue weighted by Crippen LogP contribution is -2.30. The van der Waals surface area contributed by atoms with Crippen LogP contribution in [-0.2, 0) is 42.2 Å². The molecule has 72 heavy (non-hydrogen) atoms. The molecule has 3 atom stereocenters. The summed E-state index contributed by atoms with van der Waals surface area (Å²) in [6.07, 6.45) is 62.4. The van der Waals surface area contributed by atoms with E-state index in [2.05, 4.69) is 106 Å². The van der Waals surface area contributed by atoms with E-state index in [4.69, 9.17) is 23.3 Å². The molecule has 12 heteroatoms. The fraction of sp³-hybridized carbons (Fsp3) is 0.683. The molecule has 0 rings (SSSR count). The fourth-order valence-electron chi connectivity index (χ4n) is 7.30. The zero-order valence-electron chi connectivity index (χ0n) is 45.4. The van der Waals surface area contributed by atoms with E-state index in [1.165, 1.54) is 70.6 Å². The van der Waals surface area contributed by atoms with Crippen LogP contribution >= 0.6 is 7.82 Å². The second kappa shape index (κ2) is 53.7. The average Bonchev–Trinajstić information content (AvgIpc) is 3.37. The Morgan fingerprint density at radius 2 is 0.750 bits per heavy atom. The van der Waals surface area contributed by atoms with Crippen molar-refractivity contribution >= 4 is 25.7 Å². The maximum Gasteiger partial charge on any atom is 0.472 e. The van der Waals surface area contributed by atoms with E-state index < -0.39 is 57.8 Å². The van der Waals surface area contributed by atoms with E-state index in [9.17, 15) is 28.9 Å². The summed E-state index contributed by atoms with van der Waals surface area (Å²) < 4.78 is 39.4. The number of esters is 3. The second-order valence-corrected chi connectivity index (χ2v) is 19.8. The Balaban J connectivity index is 4.84. The topological polar surface area (TPSA) is 155 Å². The van der Waals surface area contributed by atoms with Gasteiger partial charge >= 0.3 is 25.7 Å². The Morgan fingerprint density at radius 3 is 1.19 bits per heavy atom. The summed E-state index contributed by atoms with van der Waals surface area (Å²) in [6.45, 7) is 4.30. The Labute approximate surface area is 438 Å². The smallest absolute Gasteiger partial charge is 0.462 e. The molecule has 0 amide bonds. The van der Waals surface area contributed by atoms with Crippen LogP contribution in [0.5, 0.6) is 0 Å². The van der Waals surface area contributed by atoms with E-state index in [1.807, 2.05) is 12.2 Å². The van der Waals surface area contributed by atoms with Gasteiger partial charge < -0.3 is 24.2 Å². The molecule has 0 bridgehead atoms. The van der Waals surface area contributed by atoms with Crippen LogP contribution in [0.15, 0.2) is 97.2 Å². The molecule has 0 saturated carbocycles. The number of phosphoric acid groups is 1. The first-order valence-electron chi connectivity index (χ1n) is 28.1. The largest absolute Gasteiger partial charge is 0.472 e. The number of rotatable bonds is 51. The van der Waals surface area contributed by atoms with Crippen LogP contribution in [0.2, 0.25) is 0 Å². The first-order chi connectivity index (χ1) is 35.2. The van der Waals surface area contributed by atoms with Gasteiger partial charge in [0.1, 0.15) is 12.7 Å². The van der Waals surface area contributed by atoms with Crippen LogP contribution in [0.1, 0.15) is 226 Å². The Bertz CT molecular complexity index is 1580. The summed E-state index contributed by atoms with van der Waals surface area (Å²) in [6, 6.07) is 0. The monoisotopic (exact) mass is 1030 g/mol. The van der Waals surface area contributed by atoms with Gasteiger partial charge in [0.2, 0.25) is 0 Å². The number of aliphatic hydroxyl groups excluding tert-OH is 1. The molecule has 0 aliphatic rings. The normalized spacial score (nSPS) is 14.1. The third-order valence-electron chi connectivity index (χ3n) is 11.5. The van der Waals surface area contributed by atoms with Crippen LogP contribution in [0, 0.1) is 0 Å². The number of carbonyl (C=O) groups is 3. The predicted molar refractivity (Wildman–Crippen MR) is 297 cm³/mol. The molecular formula is C60H101O11P. The molecule has 0 heterocycles. The van der Waals surface area contributed by atoms with Crippen molar-refractivity contribution in [1.82, 2.24) is 0 Å². The quantitative estimate of drug-likeness (QED) is 0.0197.